The molecule has 2 saturated carbocycles. The number of guanidine groups is 2. The monoisotopic (exact) mass is 732 g/mol. The predicted octanol–water partition coefficient (Wildman–Crippen LogP) is 0.671. The first-order valence-electron chi connectivity index (χ1n) is 18.2. The summed E-state index contributed by atoms with van der Waals surface area (Å²) in [6, 6.07) is 18.9. The summed E-state index contributed by atoms with van der Waals surface area (Å²) in [6.45, 7) is 1.30. The van der Waals surface area contributed by atoms with Gasteiger partial charge in [0.1, 0.15) is 23.3 Å². The molecule has 2 aromatic rings. The average Bonchev–Trinajstić information content (AvgIpc) is 3.09. The number of carbonyl (C=O) groups excluding carboxylic acids is 4. The molecule has 0 aromatic heterocycles. The van der Waals surface area contributed by atoms with Crippen LogP contribution < -0.4 is 43.4 Å². The maximum Gasteiger partial charge on any atom is 0.441 e. The molecular formula is C36H53BN10O6. The van der Waals surface area contributed by atoms with Crippen molar-refractivity contribution in [1.29, 1.82) is 10.8 Å². The van der Waals surface area contributed by atoms with E-state index in [-0.39, 0.29) is 31.4 Å². The minimum atomic E-state index is -1.23. The first kappa shape index (κ1) is 40.6. The minimum Gasteiger partial charge on any atom is -0.393 e. The Bertz CT molecular complexity index is 1430. The van der Waals surface area contributed by atoms with Crippen LogP contribution in [-0.2, 0) is 41.6 Å². The van der Waals surface area contributed by atoms with E-state index >= 15 is 0 Å². The zero-order valence-corrected chi connectivity index (χ0v) is 30.1. The van der Waals surface area contributed by atoms with Crippen molar-refractivity contribution >= 4 is 43.2 Å². The molecular weight excluding hydrogens is 679 g/mol. The Kier molecular flexibility index (Phi) is 15.5. The number of hydrogen-bond donors (Lipinski definition) is 10. The second kappa shape index (κ2) is 20.2. The van der Waals surface area contributed by atoms with Gasteiger partial charge in [-0.25, -0.2) is 0 Å². The zero-order valence-electron chi connectivity index (χ0n) is 30.1. The van der Waals surface area contributed by atoms with Gasteiger partial charge < -0.3 is 52.7 Å². The lowest BCUT2D eigenvalue weighted by Crippen LogP contribution is -2.58. The van der Waals surface area contributed by atoms with E-state index in [1.165, 1.54) is 0 Å². The molecule has 4 amide bonds. The molecule has 17 heteroatoms. The molecule has 16 nitrogen and oxygen atoms in total. The lowest BCUT2D eigenvalue weighted by molar-refractivity contribution is -0.152. The average molecular weight is 733 g/mol. The molecule has 2 aliphatic carbocycles. The molecule has 0 spiro atoms. The smallest absolute Gasteiger partial charge is 0.393 e. The van der Waals surface area contributed by atoms with E-state index < -0.39 is 35.1 Å². The quantitative estimate of drug-likeness (QED) is 0.0202. The Hall–Kier alpha value is -5.16. The summed E-state index contributed by atoms with van der Waals surface area (Å²) in [5, 5.41) is 31.9. The number of benzene rings is 2. The van der Waals surface area contributed by atoms with Crippen LogP contribution in [0.2, 0.25) is 0 Å². The third-order valence-corrected chi connectivity index (χ3v) is 9.78. The van der Waals surface area contributed by atoms with Crippen LogP contribution in [0.15, 0.2) is 60.7 Å². The standard InChI is InChI=1S/C36H53BN10O6/c38-33(39)42-21-7-15-27(46-31(50)35(17-9-18-35)29(48)44-23-25-11-3-1-4-12-25)52-37-53-28(16-8-22-43-34(40)41)47-32(51)36(19-10-20-36)30(49)45-24-26-13-5-2-6-14-26/h1-6,11-14,27-28,37H,7-10,15-24H2,(H,44,48)(H,45,49)(H,46,50)(H,47,51)(H4,38,39,42)(H4,40,41,43). The molecule has 2 fully saturated rings. The molecule has 4 rings (SSSR count). The number of amides is 4. The van der Waals surface area contributed by atoms with Crippen molar-refractivity contribution in [3.8, 4) is 0 Å². The fraction of sp³-hybridized carbons (Fsp3) is 0.500. The van der Waals surface area contributed by atoms with Crippen LogP contribution in [0, 0.1) is 21.6 Å². The van der Waals surface area contributed by atoms with Gasteiger partial charge in [0.25, 0.3) is 0 Å². The number of nitrogens with two attached hydrogens (primary N) is 2. The van der Waals surface area contributed by atoms with Gasteiger partial charge in [-0.1, -0.05) is 73.5 Å². The van der Waals surface area contributed by atoms with E-state index in [0.717, 1.165) is 24.0 Å². The van der Waals surface area contributed by atoms with Crippen LogP contribution in [-0.4, -0.2) is 68.8 Å². The Morgan fingerprint density at radius 2 is 1.00 bits per heavy atom. The third-order valence-electron chi connectivity index (χ3n) is 9.78. The largest absolute Gasteiger partial charge is 0.441 e. The Balaban J connectivity index is 1.38. The molecule has 2 unspecified atom stereocenters. The molecule has 0 heterocycles. The van der Waals surface area contributed by atoms with Crippen LogP contribution >= 0.6 is 0 Å². The van der Waals surface area contributed by atoms with Gasteiger partial charge in [-0.05, 0) is 62.5 Å². The number of hydrogen-bond acceptors (Lipinski definition) is 8. The number of rotatable bonds is 22. The van der Waals surface area contributed by atoms with Crippen LogP contribution in [0.25, 0.3) is 0 Å². The SMILES string of the molecule is N=C(N)NCCCC(NC(=O)C1(C(=O)NCc2ccccc2)CCC1)OBOC(CCCNC(=N)N)NC(=O)C1(C(=O)NCc2ccccc2)CCC1. The van der Waals surface area contributed by atoms with Gasteiger partial charge in [-0.15, -0.1) is 0 Å². The van der Waals surface area contributed by atoms with E-state index in [9.17, 15) is 19.2 Å². The van der Waals surface area contributed by atoms with Crippen molar-refractivity contribution in [2.75, 3.05) is 13.1 Å². The van der Waals surface area contributed by atoms with Crippen molar-refractivity contribution < 1.29 is 28.5 Å². The van der Waals surface area contributed by atoms with Gasteiger partial charge in [-0.3, -0.25) is 30.0 Å². The highest BCUT2D eigenvalue weighted by Crippen LogP contribution is 2.42. The van der Waals surface area contributed by atoms with Gasteiger partial charge in [-0.2, -0.15) is 0 Å². The fourth-order valence-corrected chi connectivity index (χ4v) is 6.26. The van der Waals surface area contributed by atoms with E-state index in [1.54, 1.807) is 0 Å². The Morgan fingerprint density at radius 1 is 0.623 bits per heavy atom. The Morgan fingerprint density at radius 3 is 1.32 bits per heavy atom. The van der Waals surface area contributed by atoms with Crippen LogP contribution in [0.1, 0.15) is 75.3 Å². The van der Waals surface area contributed by atoms with Crippen molar-refractivity contribution in [3.05, 3.63) is 71.8 Å². The predicted molar refractivity (Wildman–Crippen MR) is 201 cm³/mol. The summed E-state index contributed by atoms with van der Waals surface area (Å²) in [5.41, 5.74) is 10.2. The zero-order chi connectivity index (χ0) is 38.1. The Labute approximate surface area is 311 Å². The molecule has 0 radical (unpaired) electrons. The van der Waals surface area contributed by atoms with E-state index in [1.807, 2.05) is 60.7 Å². The fourth-order valence-electron chi connectivity index (χ4n) is 6.26. The molecule has 2 aromatic carbocycles. The normalized spacial score (nSPS) is 16.2. The number of carbonyl (C=O) groups is 4. The third kappa shape index (κ3) is 11.9. The highest BCUT2D eigenvalue weighted by Gasteiger charge is 2.52. The molecule has 0 bridgehead atoms. The maximum absolute atomic E-state index is 13.7. The maximum atomic E-state index is 13.7. The van der Waals surface area contributed by atoms with Gasteiger partial charge in [0.15, 0.2) is 11.9 Å². The van der Waals surface area contributed by atoms with Crippen LogP contribution in [0.5, 0.6) is 0 Å². The van der Waals surface area contributed by atoms with E-state index in [0.29, 0.717) is 77.5 Å². The van der Waals surface area contributed by atoms with Crippen molar-refractivity contribution in [3.63, 3.8) is 0 Å². The van der Waals surface area contributed by atoms with Gasteiger partial charge in [0, 0.05) is 26.2 Å². The summed E-state index contributed by atoms with van der Waals surface area (Å²) in [6.07, 6.45) is 2.88. The number of nitrogens with one attached hydrogen (secondary N) is 8. The molecule has 286 valence electrons. The highest BCUT2D eigenvalue weighted by atomic mass is 16.6. The van der Waals surface area contributed by atoms with Gasteiger partial charge >= 0.3 is 7.69 Å². The summed E-state index contributed by atoms with van der Waals surface area (Å²) in [5.74, 6) is -1.97. The highest BCUT2D eigenvalue weighted by molar-refractivity contribution is 6.18. The second-order valence-electron chi connectivity index (χ2n) is 13.5. The molecule has 0 aliphatic heterocycles. The van der Waals surface area contributed by atoms with Crippen molar-refractivity contribution in [2.45, 2.75) is 89.8 Å². The van der Waals surface area contributed by atoms with Crippen LogP contribution in [0.4, 0.5) is 0 Å². The summed E-state index contributed by atoms with van der Waals surface area (Å²) in [4.78, 5) is 54.1. The topological polar surface area (TPSA) is 259 Å². The molecule has 2 atom stereocenters. The first-order valence-corrected chi connectivity index (χ1v) is 18.2. The summed E-state index contributed by atoms with van der Waals surface area (Å²) in [7, 11) is -0.337. The molecule has 2 aliphatic rings. The van der Waals surface area contributed by atoms with Crippen LogP contribution in [0.3, 0.4) is 0 Å². The molecule has 12 N–H and O–H groups in total. The molecule has 53 heavy (non-hydrogen) atoms. The molecule has 0 saturated heterocycles. The lowest BCUT2D eigenvalue weighted by Gasteiger charge is -2.40. The van der Waals surface area contributed by atoms with E-state index in [2.05, 4.69) is 31.9 Å². The van der Waals surface area contributed by atoms with Crippen molar-refractivity contribution in [1.82, 2.24) is 31.9 Å². The lowest BCUT2D eigenvalue weighted by atomic mass is 9.67. The first-order chi connectivity index (χ1) is 25.5. The van der Waals surface area contributed by atoms with Gasteiger partial charge in [0.05, 0.1) is 0 Å². The minimum absolute atomic E-state index is 0.186. The summed E-state index contributed by atoms with van der Waals surface area (Å²) >= 11 is 0. The van der Waals surface area contributed by atoms with Gasteiger partial charge in [0.2, 0.25) is 23.6 Å². The van der Waals surface area contributed by atoms with E-state index in [4.69, 9.17) is 31.6 Å². The summed E-state index contributed by atoms with van der Waals surface area (Å²) < 4.78 is 12.0. The second-order valence-corrected chi connectivity index (χ2v) is 13.5. The van der Waals surface area contributed by atoms with Crippen molar-refractivity contribution in [2.24, 2.45) is 22.3 Å².